The van der Waals surface area contributed by atoms with Crippen LogP contribution in [0.25, 0.3) is 0 Å². The van der Waals surface area contributed by atoms with E-state index in [9.17, 15) is 0 Å². The maximum Gasteiger partial charge on any atom is 0.164 e. The summed E-state index contributed by atoms with van der Waals surface area (Å²) in [6.45, 7) is 4.01. The van der Waals surface area contributed by atoms with Crippen molar-refractivity contribution < 1.29 is 4.74 Å². The summed E-state index contributed by atoms with van der Waals surface area (Å²) in [7, 11) is 0. The summed E-state index contributed by atoms with van der Waals surface area (Å²) < 4.78 is 5.78. The Labute approximate surface area is 121 Å². The van der Waals surface area contributed by atoms with Gasteiger partial charge >= 0.3 is 0 Å². The predicted octanol–water partition coefficient (Wildman–Crippen LogP) is 6.06. The van der Waals surface area contributed by atoms with Crippen LogP contribution in [0.2, 0.25) is 15.1 Å². The molecule has 0 saturated carbocycles. The second-order valence-electron chi connectivity index (χ2n) is 4.00. The summed E-state index contributed by atoms with van der Waals surface area (Å²) in [4.78, 5) is 0. The predicted molar refractivity (Wildman–Crippen MR) is 77.5 cm³/mol. The molecule has 2 aromatic carbocycles. The third-order valence-corrected chi connectivity index (χ3v) is 3.51. The van der Waals surface area contributed by atoms with E-state index in [1.54, 1.807) is 12.1 Å². The molecule has 1 nitrogen and oxygen atoms in total. The van der Waals surface area contributed by atoms with Crippen LogP contribution in [0.15, 0.2) is 30.3 Å². The molecule has 2 rings (SSSR count). The number of hydrogen-bond donors (Lipinski definition) is 0. The van der Waals surface area contributed by atoms with E-state index >= 15 is 0 Å². The van der Waals surface area contributed by atoms with Crippen LogP contribution in [0.3, 0.4) is 0 Å². The maximum atomic E-state index is 6.08. The quantitative estimate of drug-likeness (QED) is 0.655. The maximum absolute atomic E-state index is 6.08. The van der Waals surface area contributed by atoms with Gasteiger partial charge in [-0.05, 0) is 43.2 Å². The Hall–Kier alpha value is -0.890. The molecule has 18 heavy (non-hydrogen) atoms. The van der Waals surface area contributed by atoms with E-state index < -0.39 is 0 Å². The highest BCUT2D eigenvalue weighted by Crippen LogP contribution is 2.39. The van der Waals surface area contributed by atoms with Crippen LogP contribution in [-0.4, -0.2) is 0 Å². The number of benzene rings is 2. The largest absolute Gasteiger partial charge is 0.454 e. The Bertz CT molecular complexity index is 571. The monoisotopic (exact) mass is 300 g/mol. The van der Waals surface area contributed by atoms with Gasteiger partial charge in [0.25, 0.3) is 0 Å². The topological polar surface area (TPSA) is 9.23 Å². The molecule has 0 fully saturated rings. The van der Waals surface area contributed by atoms with Gasteiger partial charge in [0.15, 0.2) is 5.75 Å². The van der Waals surface area contributed by atoms with Gasteiger partial charge in [0.1, 0.15) is 5.75 Å². The molecule has 0 unspecified atom stereocenters. The second-order valence-corrected chi connectivity index (χ2v) is 5.25. The lowest BCUT2D eigenvalue weighted by molar-refractivity contribution is 0.479. The molecule has 0 aliphatic rings. The van der Waals surface area contributed by atoms with Crippen LogP contribution >= 0.6 is 34.8 Å². The fourth-order valence-corrected chi connectivity index (χ4v) is 2.47. The van der Waals surface area contributed by atoms with Crippen LogP contribution in [0.5, 0.6) is 11.5 Å². The van der Waals surface area contributed by atoms with Gasteiger partial charge in [-0.1, -0.05) is 46.9 Å². The van der Waals surface area contributed by atoms with Gasteiger partial charge in [0.05, 0.1) is 10.0 Å². The van der Waals surface area contributed by atoms with Crippen molar-refractivity contribution in [3.63, 3.8) is 0 Å². The number of rotatable bonds is 2. The molecule has 0 bridgehead atoms. The third-order valence-electron chi connectivity index (χ3n) is 2.73. The number of ether oxygens (including phenoxy) is 1. The molecule has 0 saturated heterocycles. The van der Waals surface area contributed by atoms with E-state index in [2.05, 4.69) is 0 Å². The molecule has 0 amide bonds. The van der Waals surface area contributed by atoms with E-state index in [0.717, 1.165) is 16.9 Å². The molecule has 4 heteroatoms. The Balaban J connectivity index is 2.43. The summed E-state index contributed by atoms with van der Waals surface area (Å²) >= 11 is 18.0. The minimum atomic E-state index is 0.397. The van der Waals surface area contributed by atoms with E-state index in [4.69, 9.17) is 39.5 Å². The van der Waals surface area contributed by atoms with E-state index in [-0.39, 0.29) is 0 Å². The van der Waals surface area contributed by atoms with Crippen molar-refractivity contribution in [2.24, 2.45) is 0 Å². The van der Waals surface area contributed by atoms with Crippen LogP contribution in [0, 0.1) is 13.8 Å². The Morgan fingerprint density at radius 3 is 2.17 bits per heavy atom. The Kier molecular flexibility index (Phi) is 4.06. The number of hydrogen-bond acceptors (Lipinski definition) is 1. The van der Waals surface area contributed by atoms with Crippen molar-refractivity contribution in [3.8, 4) is 11.5 Å². The van der Waals surface area contributed by atoms with Gasteiger partial charge < -0.3 is 4.74 Å². The fraction of sp³-hybridized carbons (Fsp3) is 0.143. The summed E-state index contributed by atoms with van der Waals surface area (Å²) in [6, 6.07) is 9.04. The molecule has 0 aliphatic carbocycles. The standard InChI is InChI=1S/C14H11Cl3O/c1-8-4-3-5-13(9(8)2)18-14-11(16)6-10(15)7-12(14)17/h3-7H,1-2H3. The zero-order chi connectivity index (χ0) is 13.3. The molecule has 0 spiro atoms. The molecule has 0 heterocycles. The molecule has 0 N–H and O–H groups in total. The van der Waals surface area contributed by atoms with E-state index in [1.165, 1.54) is 0 Å². The highest BCUT2D eigenvalue weighted by atomic mass is 35.5. The molecule has 94 valence electrons. The smallest absolute Gasteiger partial charge is 0.164 e. The lowest BCUT2D eigenvalue weighted by Gasteiger charge is -2.13. The zero-order valence-corrected chi connectivity index (χ0v) is 12.2. The number of aryl methyl sites for hydroxylation is 1. The third kappa shape index (κ3) is 2.74. The van der Waals surface area contributed by atoms with Crippen LogP contribution < -0.4 is 4.74 Å². The normalized spacial score (nSPS) is 10.5. The molecule has 2 aromatic rings. The average molecular weight is 302 g/mol. The molecule has 0 radical (unpaired) electrons. The molecule has 0 atom stereocenters. The van der Waals surface area contributed by atoms with Crippen LogP contribution in [0.4, 0.5) is 0 Å². The Morgan fingerprint density at radius 2 is 1.56 bits per heavy atom. The lowest BCUT2D eigenvalue weighted by atomic mass is 10.1. The summed E-state index contributed by atoms with van der Waals surface area (Å²) in [5.74, 6) is 1.16. The summed E-state index contributed by atoms with van der Waals surface area (Å²) in [5.41, 5.74) is 2.20. The van der Waals surface area contributed by atoms with Crippen molar-refractivity contribution in [1.29, 1.82) is 0 Å². The van der Waals surface area contributed by atoms with Crippen molar-refractivity contribution in [2.45, 2.75) is 13.8 Å². The first-order chi connectivity index (χ1) is 8.49. The summed E-state index contributed by atoms with van der Waals surface area (Å²) in [6.07, 6.45) is 0. The highest BCUT2D eigenvalue weighted by Gasteiger charge is 2.12. The lowest BCUT2D eigenvalue weighted by Crippen LogP contribution is -1.91. The van der Waals surface area contributed by atoms with Crippen molar-refractivity contribution in [2.75, 3.05) is 0 Å². The van der Waals surface area contributed by atoms with E-state index in [0.29, 0.717) is 20.8 Å². The first-order valence-electron chi connectivity index (χ1n) is 5.37. The highest BCUT2D eigenvalue weighted by molar-refractivity contribution is 6.40. The number of halogens is 3. The van der Waals surface area contributed by atoms with Gasteiger partial charge in [-0.3, -0.25) is 0 Å². The minimum absolute atomic E-state index is 0.397. The molecule has 0 aliphatic heterocycles. The minimum Gasteiger partial charge on any atom is -0.454 e. The average Bonchev–Trinajstić information content (AvgIpc) is 2.28. The molecular formula is C14H11Cl3O. The SMILES string of the molecule is Cc1cccc(Oc2c(Cl)cc(Cl)cc2Cl)c1C. The van der Waals surface area contributed by atoms with Crippen LogP contribution in [0.1, 0.15) is 11.1 Å². The van der Waals surface area contributed by atoms with Gasteiger partial charge in [0.2, 0.25) is 0 Å². The van der Waals surface area contributed by atoms with Gasteiger partial charge in [-0.2, -0.15) is 0 Å². The van der Waals surface area contributed by atoms with E-state index in [1.807, 2.05) is 32.0 Å². The Morgan fingerprint density at radius 1 is 0.944 bits per heavy atom. The van der Waals surface area contributed by atoms with Crippen LogP contribution in [-0.2, 0) is 0 Å². The first kappa shape index (κ1) is 13.5. The van der Waals surface area contributed by atoms with Crippen molar-refractivity contribution >= 4 is 34.8 Å². The molecule has 0 aromatic heterocycles. The van der Waals surface area contributed by atoms with Gasteiger partial charge in [0, 0.05) is 5.02 Å². The molecular weight excluding hydrogens is 291 g/mol. The van der Waals surface area contributed by atoms with Crippen molar-refractivity contribution in [3.05, 3.63) is 56.5 Å². The fourth-order valence-electron chi connectivity index (χ4n) is 1.57. The zero-order valence-electron chi connectivity index (χ0n) is 9.93. The van der Waals surface area contributed by atoms with Gasteiger partial charge in [-0.15, -0.1) is 0 Å². The first-order valence-corrected chi connectivity index (χ1v) is 6.51. The van der Waals surface area contributed by atoms with Gasteiger partial charge in [-0.25, -0.2) is 0 Å². The summed E-state index contributed by atoms with van der Waals surface area (Å²) in [5, 5.41) is 1.28. The second kappa shape index (κ2) is 5.40. The van der Waals surface area contributed by atoms with Crippen molar-refractivity contribution in [1.82, 2.24) is 0 Å².